The Balaban J connectivity index is 1.96. The van der Waals surface area contributed by atoms with Gasteiger partial charge in [0.1, 0.15) is 6.07 Å². The van der Waals surface area contributed by atoms with E-state index in [4.69, 9.17) is 21.6 Å². The number of hydrogen-bond acceptors (Lipinski definition) is 3. The molecule has 1 unspecified atom stereocenters. The average Bonchev–Trinajstić information content (AvgIpc) is 2.81. The third-order valence-corrected chi connectivity index (χ3v) is 2.97. The monoisotopic (exact) mass is 236 g/mol. The highest BCUT2D eigenvalue weighted by Crippen LogP contribution is 2.20. The number of nitrogens with one attached hydrogen (secondary N) is 1. The molecule has 0 amide bonds. The molecule has 84 valence electrons. The van der Waals surface area contributed by atoms with Crippen LogP contribution in [0.25, 0.3) is 0 Å². The van der Waals surface area contributed by atoms with E-state index in [2.05, 4.69) is 11.4 Å². The van der Waals surface area contributed by atoms with Crippen LogP contribution in [0.3, 0.4) is 0 Å². The zero-order valence-corrected chi connectivity index (χ0v) is 9.63. The predicted molar refractivity (Wildman–Crippen MR) is 63.6 cm³/mol. The first kappa shape index (κ1) is 11.3. The standard InChI is InChI=1S/C12H13ClN2O/c13-12-4-3-10(6-9(12)7-14)15-8-11-2-1-5-16-11/h3-4,6,11,15H,1-2,5,8H2. The molecule has 1 fully saturated rings. The molecule has 1 heterocycles. The Morgan fingerprint density at radius 3 is 3.12 bits per heavy atom. The zero-order valence-electron chi connectivity index (χ0n) is 8.87. The van der Waals surface area contributed by atoms with Gasteiger partial charge < -0.3 is 10.1 Å². The first-order chi connectivity index (χ1) is 7.79. The highest BCUT2D eigenvalue weighted by Gasteiger charge is 2.14. The Labute approximate surface area is 100.0 Å². The third kappa shape index (κ3) is 2.66. The topological polar surface area (TPSA) is 45.0 Å². The summed E-state index contributed by atoms with van der Waals surface area (Å²) in [6.45, 7) is 1.64. The van der Waals surface area contributed by atoms with Crippen molar-refractivity contribution < 1.29 is 4.74 Å². The molecule has 1 N–H and O–H groups in total. The molecule has 4 heteroatoms. The van der Waals surface area contributed by atoms with E-state index >= 15 is 0 Å². The van der Waals surface area contributed by atoms with Crippen molar-refractivity contribution in [2.75, 3.05) is 18.5 Å². The van der Waals surface area contributed by atoms with Crippen LogP contribution in [0, 0.1) is 11.3 Å². The third-order valence-electron chi connectivity index (χ3n) is 2.64. The maximum atomic E-state index is 8.84. The van der Waals surface area contributed by atoms with E-state index in [9.17, 15) is 0 Å². The van der Waals surface area contributed by atoms with E-state index in [0.717, 1.165) is 31.7 Å². The van der Waals surface area contributed by atoms with E-state index in [1.807, 2.05) is 6.07 Å². The first-order valence-corrected chi connectivity index (χ1v) is 5.72. The molecule has 1 aromatic rings. The largest absolute Gasteiger partial charge is 0.382 e. The number of ether oxygens (including phenoxy) is 1. The number of anilines is 1. The van der Waals surface area contributed by atoms with Crippen LogP contribution in [-0.4, -0.2) is 19.3 Å². The SMILES string of the molecule is N#Cc1cc(NCC2CCCO2)ccc1Cl. The quantitative estimate of drug-likeness (QED) is 0.878. The van der Waals surface area contributed by atoms with Crippen LogP contribution >= 0.6 is 11.6 Å². The lowest BCUT2D eigenvalue weighted by atomic mass is 10.2. The van der Waals surface area contributed by atoms with E-state index in [1.165, 1.54) is 0 Å². The first-order valence-electron chi connectivity index (χ1n) is 5.35. The minimum Gasteiger partial charge on any atom is -0.382 e. The van der Waals surface area contributed by atoms with E-state index in [1.54, 1.807) is 12.1 Å². The molecule has 3 nitrogen and oxygen atoms in total. The fourth-order valence-corrected chi connectivity index (χ4v) is 1.92. The molecule has 0 radical (unpaired) electrons. The molecular weight excluding hydrogens is 224 g/mol. The average molecular weight is 237 g/mol. The van der Waals surface area contributed by atoms with Gasteiger partial charge in [-0.2, -0.15) is 5.26 Å². The highest BCUT2D eigenvalue weighted by molar-refractivity contribution is 6.31. The van der Waals surface area contributed by atoms with Gasteiger partial charge in [0.05, 0.1) is 16.7 Å². The van der Waals surface area contributed by atoms with E-state index < -0.39 is 0 Å². The fraction of sp³-hybridized carbons (Fsp3) is 0.417. The van der Waals surface area contributed by atoms with Gasteiger partial charge in [-0.05, 0) is 31.0 Å². The van der Waals surface area contributed by atoms with Gasteiger partial charge in [0.2, 0.25) is 0 Å². The Morgan fingerprint density at radius 1 is 1.56 bits per heavy atom. The summed E-state index contributed by atoms with van der Waals surface area (Å²) in [6, 6.07) is 7.43. The summed E-state index contributed by atoms with van der Waals surface area (Å²) >= 11 is 5.85. The van der Waals surface area contributed by atoms with Gasteiger partial charge in [0.15, 0.2) is 0 Å². The molecule has 2 rings (SSSR count). The van der Waals surface area contributed by atoms with Crippen LogP contribution in [0.5, 0.6) is 0 Å². The zero-order chi connectivity index (χ0) is 11.4. The molecule has 0 aliphatic carbocycles. The molecule has 1 aromatic carbocycles. The molecular formula is C12H13ClN2O. The molecule has 0 aromatic heterocycles. The summed E-state index contributed by atoms with van der Waals surface area (Å²) in [5, 5.41) is 12.6. The molecule has 0 bridgehead atoms. The minimum absolute atomic E-state index is 0.293. The van der Waals surface area contributed by atoms with Crippen molar-refractivity contribution in [3.8, 4) is 6.07 Å². The van der Waals surface area contributed by atoms with Crippen LogP contribution in [0.4, 0.5) is 5.69 Å². The Bertz CT molecular complexity index is 408. The molecule has 16 heavy (non-hydrogen) atoms. The maximum Gasteiger partial charge on any atom is 0.101 e. The Kier molecular flexibility index (Phi) is 3.66. The molecule has 1 atom stereocenters. The van der Waals surface area contributed by atoms with Gasteiger partial charge >= 0.3 is 0 Å². The van der Waals surface area contributed by atoms with Gasteiger partial charge in [-0.15, -0.1) is 0 Å². The number of nitriles is 1. The maximum absolute atomic E-state index is 8.84. The van der Waals surface area contributed by atoms with Crippen LogP contribution < -0.4 is 5.32 Å². The molecule has 0 saturated carbocycles. The summed E-state index contributed by atoms with van der Waals surface area (Å²) in [5.41, 5.74) is 1.41. The summed E-state index contributed by atoms with van der Waals surface area (Å²) in [7, 11) is 0. The summed E-state index contributed by atoms with van der Waals surface area (Å²) < 4.78 is 5.50. The second-order valence-electron chi connectivity index (χ2n) is 3.82. The van der Waals surface area contributed by atoms with Gasteiger partial charge in [-0.3, -0.25) is 0 Å². The van der Waals surface area contributed by atoms with Crippen molar-refractivity contribution in [2.45, 2.75) is 18.9 Å². The predicted octanol–water partition coefficient (Wildman–Crippen LogP) is 2.80. The van der Waals surface area contributed by atoms with E-state index in [0.29, 0.717) is 16.7 Å². The van der Waals surface area contributed by atoms with Crippen molar-refractivity contribution >= 4 is 17.3 Å². The molecule has 0 spiro atoms. The Morgan fingerprint density at radius 2 is 2.44 bits per heavy atom. The highest BCUT2D eigenvalue weighted by atomic mass is 35.5. The van der Waals surface area contributed by atoms with Crippen molar-refractivity contribution in [1.82, 2.24) is 0 Å². The molecule has 1 aliphatic heterocycles. The van der Waals surface area contributed by atoms with Crippen molar-refractivity contribution in [3.63, 3.8) is 0 Å². The van der Waals surface area contributed by atoms with Gasteiger partial charge in [0.25, 0.3) is 0 Å². The lowest BCUT2D eigenvalue weighted by molar-refractivity contribution is 0.120. The normalized spacial score (nSPS) is 19.4. The molecule has 1 saturated heterocycles. The van der Waals surface area contributed by atoms with Crippen LogP contribution in [0.15, 0.2) is 18.2 Å². The number of nitrogens with zero attached hydrogens (tertiary/aromatic N) is 1. The number of hydrogen-bond donors (Lipinski definition) is 1. The summed E-state index contributed by atoms with van der Waals surface area (Å²) in [5.74, 6) is 0. The molecule has 1 aliphatic rings. The number of halogens is 1. The number of rotatable bonds is 3. The van der Waals surface area contributed by atoms with Crippen LogP contribution in [0.1, 0.15) is 18.4 Å². The minimum atomic E-state index is 0.293. The lowest BCUT2D eigenvalue weighted by Crippen LogP contribution is -2.18. The van der Waals surface area contributed by atoms with E-state index in [-0.39, 0.29) is 0 Å². The van der Waals surface area contributed by atoms with Crippen molar-refractivity contribution in [1.29, 1.82) is 5.26 Å². The van der Waals surface area contributed by atoms with Gasteiger partial charge in [0, 0.05) is 18.8 Å². The second-order valence-corrected chi connectivity index (χ2v) is 4.23. The summed E-state index contributed by atoms with van der Waals surface area (Å²) in [4.78, 5) is 0. The second kappa shape index (κ2) is 5.20. The lowest BCUT2D eigenvalue weighted by Gasteiger charge is -2.12. The Hall–Kier alpha value is -1.24. The van der Waals surface area contributed by atoms with Crippen molar-refractivity contribution in [3.05, 3.63) is 28.8 Å². The van der Waals surface area contributed by atoms with Crippen molar-refractivity contribution in [2.24, 2.45) is 0 Å². The van der Waals surface area contributed by atoms with Crippen LogP contribution in [-0.2, 0) is 4.74 Å². The van der Waals surface area contributed by atoms with Gasteiger partial charge in [-0.25, -0.2) is 0 Å². The summed E-state index contributed by atoms with van der Waals surface area (Å²) in [6.07, 6.45) is 2.53. The van der Waals surface area contributed by atoms with Gasteiger partial charge in [-0.1, -0.05) is 11.6 Å². The smallest absolute Gasteiger partial charge is 0.101 e. The number of benzene rings is 1. The van der Waals surface area contributed by atoms with Crippen LogP contribution in [0.2, 0.25) is 5.02 Å². The fourth-order valence-electron chi connectivity index (χ4n) is 1.76.